The number of ether oxygens (including phenoxy) is 1. The number of halogens is 3. The van der Waals surface area contributed by atoms with Gasteiger partial charge in [0.1, 0.15) is 10.7 Å². The molecule has 1 fully saturated rings. The van der Waals surface area contributed by atoms with Gasteiger partial charge in [0.25, 0.3) is 15.0 Å². The van der Waals surface area contributed by atoms with Gasteiger partial charge in [0.15, 0.2) is 18.2 Å². The molecule has 0 heterocycles. The van der Waals surface area contributed by atoms with Crippen molar-refractivity contribution in [2.45, 2.75) is 23.8 Å². The van der Waals surface area contributed by atoms with Crippen molar-refractivity contribution in [3.8, 4) is 5.75 Å². The van der Waals surface area contributed by atoms with Crippen molar-refractivity contribution in [2.75, 3.05) is 6.61 Å². The summed E-state index contributed by atoms with van der Waals surface area (Å²) in [6.45, 7) is -0.585. The Labute approximate surface area is 118 Å². The molecule has 5 nitrogen and oxygen atoms in total. The molecule has 0 atom stereocenters. The second-order valence-corrected chi connectivity index (χ2v) is 6.82. The van der Waals surface area contributed by atoms with E-state index >= 15 is 0 Å². The first-order valence-electron chi connectivity index (χ1n) is 5.63. The highest BCUT2D eigenvalue weighted by Gasteiger charge is 2.25. The molecule has 20 heavy (non-hydrogen) atoms. The molecular formula is C11H10ClF2NO4S. The van der Waals surface area contributed by atoms with Crippen molar-refractivity contribution < 1.29 is 26.7 Å². The van der Waals surface area contributed by atoms with E-state index in [0.29, 0.717) is 12.1 Å². The molecule has 0 bridgehead atoms. The van der Waals surface area contributed by atoms with Crippen molar-refractivity contribution in [1.82, 2.24) is 5.32 Å². The highest BCUT2D eigenvalue weighted by Crippen LogP contribution is 2.31. The maximum absolute atomic E-state index is 13.5. The molecule has 1 saturated carbocycles. The van der Waals surface area contributed by atoms with Gasteiger partial charge in [-0.1, -0.05) is 0 Å². The molecule has 9 heteroatoms. The van der Waals surface area contributed by atoms with E-state index in [2.05, 4.69) is 5.32 Å². The molecule has 1 N–H and O–H groups in total. The second kappa shape index (κ2) is 5.53. The molecule has 0 aromatic heterocycles. The van der Waals surface area contributed by atoms with Crippen molar-refractivity contribution in [1.29, 1.82) is 0 Å². The van der Waals surface area contributed by atoms with E-state index < -0.39 is 43.8 Å². The Balaban J connectivity index is 2.19. The molecule has 2 rings (SSSR count). The van der Waals surface area contributed by atoms with Crippen LogP contribution < -0.4 is 10.1 Å². The number of nitrogens with one attached hydrogen (secondary N) is 1. The molecule has 1 aromatic rings. The van der Waals surface area contributed by atoms with Crippen molar-refractivity contribution in [3.63, 3.8) is 0 Å². The van der Waals surface area contributed by atoms with E-state index in [4.69, 9.17) is 15.4 Å². The Hall–Kier alpha value is -1.41. The molecule has 1 aliphatic carbocycles. The number of carbonyl (C=O) groups excluding carboxylic acids is 1. The molecular weight excluding hydrogens is 316 g/mol. The Morgan fingerprint density at radius 2 is 2.05 bits per heavy atom. The fourth-order valence-corrected chi connectivity index (χ4v) is 2.47. The Bertz CT molecular complexity index is 646. The highest BCUT2D eigenvalue weighted by molar-refractivity contribution is 8.13. The maximum atomic E-state index is 13.5. The van der Waals surface area contributed by atoms with Crippen LogP contribution in [0.5, 0.6) is 5.75 Å². The molecule has 110 valence electrons. The average Bonchev–Trinajstić information content (AvgIpc) is 3.09. The van der Waals surface area contributed by atoms with E-state index in [-0.39, 0.29) is 6.04 Å². The van der Waals surface area contributed by atoms with Gasteiger partial charge >= 0.3 is 0 Å². The van der Waals surface area contributed by atoms with Gasteiger partial charge in [0.05, 0.1) is 0 Å². The first-order valence-corrected chi connectivity index (χ1v) is 7.94. The number of hydrogen-bond acceptors (Lipinski definition) is 4. The lowest BCUT2D eigenvalue weighted by Gasteiger charge is -2.10. The van der Waals surface area contributed by atoms with Crippen LogP contribution in [0.1, 0.15) is 12.8 Å². The minimum absolute atomic E-state index is 0.0837. The van der Waals surface area contributed by atoms with Gasteiger partial charge in [0, 0.05) is 22.8 Å². The lowest BCUT2D eigenvalue weighted by Crippen LogP contribution is -2.30. The highest BCUT2D eigenvalue weighted by atomic mass is 35.7. The Morgan fingerprint density at radius 3 is 2.60 bits per heavy atom. The van der Waals surface area contributed by atoms with E-state index in [1.165, 1.54) is 0 Å². The third-order valence-electron chi connectivity index (χ3n) is 2.53. The van der Waals surface area contributed by atoms with Gasteiger partial charge < -0.3 is 10.1 Å². The summed E-state index contributed by atoms with van der Waals surface area (Å²) in [6, 6.07) is 1.06. The van der Waals surface area contributed by atoms with Crippen LogP contribution >= 0.6 is 10.7 Å². The van der Waals surface area contributed by atoms with Gasteiger partial charge in [-0.15, -0.1) is 0 Å². The van der Waals surface area contributed by atoms with Crippen LogP contribution in [-0.2, 0) is 13.8 Å². The zero-order valence-electron chi connectivity index (χ0n) is 10.0. The normalized spacial score (nSPS) is 14.9. The molecule has 0 aliphatic heterocycles. The quantitative estimate of drug-likeness (QED) is 0.834. The molecule has 0 saturated heterocycles. The smallest absolute Gasteiger partial charge is 0.265 e. The van der Waals surface area contributed by atoms with Gasteiger partial charge in [-0.2, -0.15) is 0 Å². The van der Waals surface area contributed by atoms with Crippen LogP contribution in [0.2, 0.25) is 0 Å². The van der Waals surface area contributed by atoms with Crippen molar-refractivity contribution >= 4 is 25.6 Å². The number of benzene rings is 1. The summed E-state index contributed by atoms with van der Waals surface area (Å²) in [4.78, 5) is 10.5. The summed E-state index contributed by atoms with van der Waals surface area (Å²) in [7, 11) is 0.674. The predicted molar refractivity (Wildman–Crippen MR) is 66.1 cm³/mol. The summed E-state index contributed by atoms with van der Waals surface area (Å²) in [5.74, 6) is -3.65. The first-order chi connectivity index (χ1) is 9.27. The van der Waals surface area contributed by atoms with Crippen LogP contribution in [0, 0.1) is 11.6 Å². The molecule has 1 aliphatic rings. The van der Waals surface area contributed by atoms with Gasteiger partial charge in [-0.3, -0.25) is 4.79 Å². The zero-order valence-corrected chi connectivity index (χ0v) is 11.6. The van der Waals surface area contributed by atoms with E-state index in [1.807, 2.05) is 0 Å². The summed E-state index contributed by atoms with van der Waals surface area (Å²) >= 11 is 0. The zero-order chi connectivity index (χ0) is 14.9. The largest absolute Gasteiger partial charge is 0.479 e. The van der Waals surface area contributed by atoms with Gasteiger partial charge in [0.2, 0.25) is 0 Å². The van der Waals surface area contributed by atoms with Gasteiger partial charge in [-0.25, -0.2) is 17.2 Å². The number of rotatable bonds is 5. The Morgan fingerprint density at radius 1 is 1.40 bits per heavy atom. The van der Waals surface area contributed by atoms with Crippen LogP contribution in [0.15, 0.2) is 17.0 Å². The standard InChI is InChI=1S/C11H10ClF2NO4S/c12-20(17,18)9-4-6(13)3-8(14)11(9)19-5-10(16)15-7-1-2-7/h3-4,7H,1-2,5H2,(H,15,16). The predicted octanol–water partition coefficient (Wildman–Crippen LogP) is 1.55. The third-order valence-corrected chi connectivity index (χ3v) is 3.85. The maximum Gasteiger partial charge on any atom is 0.265 e. The molecule has 0 spiro atoms. The van der Waals surface area contributed by atoms with E-state index in [0.717, 1.165) is 12.8 Å². The summed E-state index contributed by atoms with van der Waals surface area (Å²) < 4.78 is 53.9. The van der Waals surface area contributed by atoms with Crippen molar-refractivity contribution in [3.05, 3.63) is 23.8 Å². The van der Waals surface area contributed by atoms with Crippen LogP contribution in [0.25, 0.3) is 0 Å². The lowest BCUT2D eigenvalue weighted by atomic mass is 10.3. The fraction of sp³-hybridized carbons (Fsp3) is 0.364. The topological polar surface area (TPSA) is 72.5 Å². The van der Waals surface area contributed by atoms with Gasteiger partial charge in [-0.05, 0) is 18.9 Å². The summed E-state index contributed by atoms with van der Waals surface area (Å²) in [5.41, 5.74) is 0. The molecule has 0 unspecified atom stereocenters. The average molecular weight is 326 g/mol. The Kier molecular flexibility index (Phi) is 4.14. The minimum Gasteiger partial charge on any atom is -0.479 e. The molecule has 1 aromatic carbocycles. The van der Waals surface area contributed by atoms with E-state index in [1.54, 1.807) is 0 Å². The minimum atomic E-state index is -4.40. The van der Waals surface area contributed by atoms with Crippen LogP contribution in [-0.4, -0.2) is 27.0 Å². The molecule has 0 radical (unpaired) electrons. The number of hydrogen-bond donors (Lipinski definition) is 1. The first kappa shape index (κ1) is 15.0. The number of amides is 1. The molecule has 1 amide bonds. The third kappa shape index (κ3) is 3.80. The van der Waals surface area contributed by atoms with Crippen molar-refractivity contribution in [2.24, 2.45) is 0 Å². The summed E-state index contributed by atoms with van der Waals surface area (Å²) in [6.07, 6.45) is 1.72. The fourth-order valence-electron chi connectivity index (χ4n) is 1.49. The van der Waals surface area contributed by atoms with Crippen LogP contribution in [0.3, 0.4) is 0 Å². The number of carbonyl (C=O) groups is 1. The summed E-state index contributed by atoms with van der Waals surface area (Å²) in [5, 5.41) is 2.57. The monoisotopic (exact) mass is 325 g/mol. The lowest BCUT2D eigenvalue weighted by molar-refractivity contribution is -0.123. The van der Waals surface area contributed by atoms with Crippen LogP contribution in [0.4, 0.5) is 8.78 Å². The second-order valence-electron chi connectivity index (χ2n) is 4.28. The SMILES string of the molecule is O=C(COc1c(F)cc(F)cc1S(=O)(=O)Cl)NC1CC1. The van der Waals surface area contributed by atoms with E-state index in [9.17, 15) is 22.0 Å².